The van der Waals surface area contributed by atoms with E-state index in [0.717, 1.165) is 29.4 Å². The molecule has 23 heavy (non-hydrogen) atoms. The molecule has 7 heteroatoms. The van der Waals surface area contributed by atoms with Gasteiger partial charge in [0.15, 0.2) is 0 Å². The van der Waals surface area contributed by atoms with E-state index >= 15 is 0 Å². The van der Waals surface area contributed by atoms with E-state index in [1.165, 1.54) is 0 Å². The van der Waals surface area contributed by atoms with Gasteiger partial charge in [0.1, 0.15) is 12.4 Å². The van der Waals surface area contributed by atoms with E-state index in [4.69, 9.17) is 10.5 Å². The number of rotatable bonds is 6. The molecular formula is C16H23N5OSi. The summed E-state index contributed by atoms with van der Waals surface area (Å²) < 4.78 is 9.30. The Kier molecular flexibility index (Phi) is 4.23. The Hall–Kier alpha value is -2.12. The second-order valence-corrected chi connectivity index (χ2v) is 12.5. The molecule has 0 saturated heterocycles. The first-order chi connectivity index (χ1) is 10.9. The number of nitrogens with zero attached hydrogens (tertiary/aromatic N) is 4. The molecule has 6 nitrogen and oxygen atoms in total. The van der Waals surface area contributed by atoms with Crippen molar-refractivity contribution in [1.29, 1.82) is 0 Å². The van der Waals surface area contributed by atoms with Gasteiger partial charge in [0, 0.05) is 20.9 Å². The first kappa shape index (κ1) is 15.8. The molecule has 2 N–H and O–H groups in total. The molecule has 0 unspecified atom stereocenters. The van der Waals surface area contributed by atoms with Crippen LogP contribution in [0.25, 0.3) is 16.8 Å². The lowest BCUT2D eigenvalue weighted by atomic mass is 10.2. The number of aromatic nitrogens is 4. The Morgan fingerprint density at radius 3 is 2.87 bits per heavy atom. The number of ether oxygens (including phenoxy) is 1. The van der Waals surface area contributed by atoms with Crippen LogP contribution in [0.15, 0.2) is 36.8 Å². The van der Waals surface area contributed by atoms with Crippen molar-refractivity contribution in [2.75, 3.05) is 12.3 Å². The van der Waals surface area contributed by atoms with E-state index in [9.17, 15) is 0 Å². The van der Waals surface area contributed by atoms with E-state index < -0.39 is 8.07 Å². The van der Waals surface area contributed by atoms with Gasteiger partial charge < -0.3 is 10.5 Å². The molecule has 0 aromatic carbocycles. The van der Waals surface area contributed by atoms with E-state index in [-0.39, 0.29) is 0 Å². The third kappa shape index (κ3) is 3.62. The molecule has 0 fully saturated rings. The molecule has 0 aliphatic carbocycles. The Morgan fingerprint density at radius 1 is 1.26 bits per heavy atom. The average molecular weight is 329 g/mol. The maximum absolute atomic E-state index is 6.13. The highest BCUT2D eigenvalue weighted by atomic mass is 28.3. The summed E-state index contributed by atoms with van der Waals surface area (Å²) in [6, 6.07) is 7.07. The number of nitrogens with two attached hydrogens (primary N) is 1. The summed E-state index contributed by atoms with van der Waals surface area (Å²) in [4.78, 5) is 0. The van der Waals surface area contributed by atoms with Gasteiger partial charge in [-0.05, 0) is 18.2 Å². The number of hydrogen-bond acceptors (Lipinski definition) is 4. The molecular weight excluding hydrogens is 306 g/mol. The summed E-state index contributed by atoms with van der Waals surface area (Å²) >= 11 is 0. The Labute approximate surface area is 136 Å². The van der Waals surface area contributed by atoms with E-state index in [1.807, 2.05) is 35.1 Å². The summed E-state index contributed by atoms with van der Waals surface area (Å²) in [5, 5.41) is 8.89. The highest BCUT2D eigenvalue weighted by Gasteiger charge is 2.15. The lowest BCUT2D eigenvalue weighted by Crippen LogP contribution is -2.22. The maximum atomic E-state index is 6.13. The topological polar surface area (TPSA) is 70.4 Å². The van der Waals surface area contributed by atoms with Crippen LogP contribution >= 0.6 is 0 Å². The van der Waals surface area contributed by atoms with Crippen LogP contribution in [-0.2, 0) is 11.5 Å². The van der Waals surface area contributed by atoms with Gasteiger partial charge in [-0.15, -0.1) is 0 Å². The van der Waals surface area contributed by atoms with Gasteiger partial charge in [-0.25, -0.2) is 9.20 Å². The van der Waals surface area contributed by atoms with Gasteiger partial charge in [0.05, 0.1) is 29.2 Å². The first-order valence-electron chi connectivity index (χ1n) is 7.77. The van der Waals surface area contributed by atoms with Gasteiger partial charge in [0.2, 0.25) is 0 Å². The molecule has 3 heterocycles. The zero-order chi connectivity index (χ0) is 16.4. The molecule has 0 amide bonds. The van der Waals surface area contributed by atoms with E-state index in [1.54, 1.807) is 10.9 Å². The number of anilines is 1. The fourth-order valence-electron chi connectivity index (χ4n) is 2.37. The van der Waals surface area contributed by atoms with Gasteiger partial charge in [0.25, 0.3) is 0 Å². The number of nitrogen functional groups attached to an aromatic ring is 1. The molecule has 0 radical (unpaired) electrons. The van der Waals surface area contributed by atoms with Crippen molar-refractivity contribution in [2.45, 2.75) is 32.4 Å². The van der Waals surface area contributed by atoms with Gasteiger partial charge >= 0.3 is 0 Å². The quantitative estimate of drug-likeness (QED) is 0.557. The minimum atomic E-state index is -1.07. The third-order valence-corrected chi connectivity index (χ3v) is 5.40. The largest absolute Gasteiger partial charge is 0.396 e. The Morgan fingerprint density at radius 2 is 2.09 bits per heavy atom. The highest BCUT2D eigenvalue weighted by molar-refractivity contribution is 6.76. The second-order valence-electron chi connectivity index (χ2n) is 6.91. The molecule has 122 valence electrons. The Balaban J connectivity index is 1.74. The molecule has 0 bridgehead atoms. The molecule has 0 atom stereocenters. The normalized spacial score (nSPS) is 12.1. The molecule has 3 aromatic rings. The number of hydrogen-bond donors (Lipinski definition) is 1. The highest BCUT2D eigenvalue weighted by Crippen LogP contribution is 2.27. The molecule has 0 aliphatic rings. The molecule has 3 rings (SSSR count). The van der Waals surface area contributed by atoms with Gasteiger partial charge in [-0.2, -0.15) is 10.2 Å². The molecule has 3 aromatic heterocycles. The van der Waals surface area contributed by atoms with Crippen LogP contribution in [0.1, 0.15) is 0 Å². The number of pyridine rings is 1. The smallest absolute Gasteiger partial charge is 0.139 e. The zero-order valence-corrected chi connectivity index (χ0v) is 14.9. The van der Waals surface area contributed by atoms with Crippen molar-refractivity contribution in [3.05, 3.63) is 36.8 Å². The van der Waals surface area contributed by atoms with Crippen LogP contribution in [0.4, 0.5) is 5.69 Å². The van der Waals surface area contributed by atoms with Crippen molar-refractivity contribution in [3.63, 3.8) is 0 Å². The molecule has 0 saturated carbocycles. The third-order valence-electron chi connectivity index (χ3n) is 3.69. The number of fused-ring (bicyclic) bond motifs is 1. The summed E-state index contributed by atoms with van der Waals surface area (Å²) in [5.41, 5.74) is 9.44. The SMILES string of the molecule is C[Si](C)(C)CCOCn1cc(N)c(-c2cnn3ccccc23)n1. The van der Waals surface area contributed by atoms with E-state index in [0.29, 0.717) is 12.4 Å². The Bertz CT molecular complexity index is 802. The van der Waals surface area contributed by atoms with Gasteiger partial charge in [-0.3, -0.25) is 0 Å². The van der Waals surface area contributed by atoms with Crippen LogP contribution in [-0.4, -0.2) is 34.1 Å². The van der Waals surface area contributed by atoms with Crippen LogP contribution in [0.2, 0.25) is 25.7 Å². The first-order valence-corrected chi connectivity index (χ1v) is 11.5. The standard InChI is InChI=1S/C16H23N5OSi/c1-23(2,3)9-8-22-12-20-11-14(17)16(19-20)13-10-18-21-7-5-4-6-15(13)21/h4-7,10-11H,8-9,12,17H2,1-3H3. The fourth-order valence-corrected chi connectivity index (χ4v) is 3.12. The van der Waals surface area contributed by atoms with Crippen molar-refractivity contribution in [3.8, 4) is 11.3 Å². The van der Waals surface area contributed by atoms with Gasteiger partial charge in [-0.1, -0.05) is 25.7 Å². The van der Waals surface area contributed by atoms with E-state index in [2.05, 4.69) is 29.8 Å². The predicted octanol–water partition coefficient (Wildman–Crippen LogP) is 3.09. The molecule has 0 spiro atoms. The second kappa shape index (κ2) is 6.17. The van der Waals surface area contributed by atoms with Crippen LogP contribution in [0.3, 0.4) is 0 Å². The maximum Gasteiger partial charge on any atom is 0.139 e. The minimum Gasteiger partial charge on any atom is -0.396 e. The molecule has 0 aliphatic heterocycles. The van der Waals surface area contributed by atoms with Crippen LogP contribution < -0.4 is 5.73 Å². The fraction of sp³-hybridized carbons (Fsp3) is 0.375. The van der Waals surface area contributed by atoms with Crippen molar-refractivity contribution in [1.82, 2.24) is 19.4 Å². The summed E-state index contributed by atoms with van der Waals surface area (Å²) in [6.07, 6.45) is 5.52. The summed E-state index contributed by atoms with van der Waals surface area (Å²) in [6.45, 7) is 8.21. The summed E-state index contributed by atoms with van der Waals surface area (Å²) in [5.74, 6) is 0. The minimum absolute atomic E-state index is 0.424. The predicted molar refractivity (Wildman–Crippen MR) is 94.9 cm³/mol. The summed E-state index contributed by atoms with van der Waals surface area (Å²) in [7, 11) is -1.07. The van der Waals surface area contributed by atoms with Crippen molar-refractivity contribution < 1.29 is 4.74 Å². The van der Waals surface area contributed by atoms with Crippen molar-refractivity contribution in [2.24, 2.45) is 0 Å². The zero-order valence-electron chi connectivity index (χ0n) is 13.9. The average Bonchev–Trinajstić information content (AvgIpc) is 3.06. The van der Waals surface area contributed by atoms with Crippen molar-refractivity contribution >= 4 is 19.3 Å². The lowest BCUT2D eigenvalue weighted by molar-refractivity contribution is 0.0788. The van der Waals surface area contributed by atoms with Crippen LogP contribution in [0.5, 0.6) is 0 Å². The van der Waals surface area contributed by atoms with Crippen LogP contribution in [0, 0.1) is 0 Å². The monoisotopic (exact) mass is 329 g/mol. The lowest BCUT2D eigenvalue weighted by Gasteiger charge is -2.15.